The lowest BCUT2D eigenvalue weighted by Crippen LogP contribution is -2.39. The molecule has 1 amide bonds. The largest absolute Gasteiger partial charge is 0.493 e. The summed E-state index contributed by atoms with van der Waals surface area (Å²) >= 11 is 0. The van der Waals surface area contributed by atoms with Crippen molar-refractivity contribution in [3.05, 3.63) is 64.9 Å². The molecule has 1 unspecified atom stereocenters. The summed E-state index contributed by atoms with van der Waals surface area (Å²) in [6.07, 6.45) is 2.95. The molecular weight excluding hydrogens is 428 g/mol. The molecule has 2 atom stereocenters. The van der Waals surface area contributed by atoms with E-state index in [4.69, 9.17) is 14.5 Å². The lowest BCUT2D eigenvalue weighted by Gasteiger charge is -2.36. The number of nitrogens with one attached hydrogen (secondary N) is 1. The van der Waals surface area contributed by atoms with Crippen molar-refractivity contribution in [2.75, 3.05) is 19.0 Å². The third-order valence-corrected chi connectivity index (χ3v) is 6.55. The van der Waals surface area contributed by atoms with Crippen molar-refractivity contribution in [2.45, 2.75) is 52.4 Å². The maximum Gasteiger partial charge on any atom is 0.254 e. The predicted molar refractivity (Wildman–Crippen MR) is 134 cm³/mol. The van der Waals surface area contributed by atoms with Crippen molar-refractivity contribution in [3.8, 4) is 11.5 Å². The fourth-order valence-corrected chi connectivity index (χ4v) is 4.89. The number of ether oxygens (including phenoxy) is 2. The second-order valence-electron chi connectivity index (χ2n) is 8.91. The second kappa shape index (κ2) is 10.2. The van der Waals surface area contributed by atoms with E-state index in [1.807, 2.05) is 63.2 Å². The zero-order valence-electron chi connectivity index (χ0n) is 20.3. The highest BCUT2D eigenvalue weighted by molar-refractivity contribution is 6.14. The standard InChI is InChI=1S/C28H32N2O4/c1-5-15-34-23-14-13-19(16-24(23)33-4)26-25(28(32)30-20-10-7-6-9-17(20)2)18(3)29-21-11-8-12-22(31)27(21)26/h6-7,9-10,13-14,16,26-27H,5,8,11-12,15H2,1-4H3,(H,30,32)/t26-,27?/m1/s1. The summed E-state index contributed by atoms with van der Waals surface area (Å²) in [7, 11) is 1.60. The number of hydrogen-bond acceptors (Lipinski definition) is 5. The monoisotopic (exact) mass is 460 g/mol. The Balaban J connectivity index is 1.79. The number of aliphatic imine (C=N–C) groups is 1. The van der Waals surface area contributed by atoms with Crippen LogP contribution in [0.15, 0.2) is 58.7 Å². The number of benzene rings is 2. The van der Waals surface area contributed by atoms with Gasteiger partial charge in [0.05, 0.1) is 19.6 Å². The molecule has 6 nitrogen and oxygen atoms in total. The highest BCUT2D eigenvalue weighted by atomic mass is 16.5. The van der Waals surface area contributed by atoms with Crippen LogP contribution in [0.5, 0.6) is 11.5 Å². The van der Waals surface area contributed by atoms with Crippen LogP contribution in [-0.2, 0) is 9.59 Å². The number of nitrogens with zero attached hydrogens (tertiary/aromatic N) is 1. The first-order valence-electron chi connectivity index (χ1n) is 11.9. The summed E-state index contributed by atoms with van der Waals surface area (Å²) < 4.78 is 11.4. The van der Waals surface area contributed by atoms with Gasteiger partial charge in [0.15, 0.2) is 11.5 Å². The van der Waals surface area contributed by atoms with Gasteiger partial charge in [0.1, 0.15) is 5.78 Å². The number of amides is 1. The molecule has 0 bridgehead atoms. The van der Waals surface area contributed by atoms with E-state index in [0.29, 0.717) is 35.8 Å². The van der Waals surface area contributed by atoms with Crippen LogP contribution < -0.4 is 14.8 Å². The maximum absolute atomic E-state index is 13.7. The molecule has 1 aliphatic carbocycles. The van der Waals surface area contributed by atoms with Gasteiger partial charge >= 0.3 is 0 Å². The van der Waals surface area contributed by atoms with E-state index < -0.39 is 11.8 Å². The number of carbonyl (C=O) groups excluding carboxylic acids is 2. The van der Waals surface area contributed by atoms with Crippen LogP contribution in [0.3, 0.4) is 0 Å². The van der Waals surface area contributed by atoms with E-state index in [2.05, 4.69) is 5.32 Å². The first-order valence-corrected chi connectivity index (χ1v) is 11.9. The molecule has 0 spiro atoms. The van der Waals surface area contributed by atoms with Gasteiger partial charge in [-0.15, -0.1) is 0 Å². The third-order valence-electron chi connectivity index (χ3n) is 6.55. The van der Waals surface area contributed by atoms with Gasteiger partial charge in [0.2, 0.25) is 0 Å². The summed E-state index contributed by atoms with van der Waals surface area (Å²) in [5.41, 5.74) is 4.62. The molecule has 1 fully saturated rings. The van der Waals surface area contributed by atoms with Crippen LogP contribution >= 0.6 is 0 Å². The number of ketones is 1. The molecule has 0 aromatic heterocycles. The molecule has 4 rings (SSSR count). The van der Waals surface area contributed by atoms with Gasteiger partial charge < -0.3 is 14.8 Å². The number of methoxy groups -OCH3 is 1. The molecule has 6 heteroatoms. The fraction of sp³-hybridized carbons (Fsp3) is 0.393. The van der Waals surface area contributed by atoms with Crippen molar-refractivity contribution >= 4 is 23.1 Å². The van der Waals surface area contributed by atoms with Crippen LogP contribution in [0.25, 0.3) is 0 Å². The molecule has 1 N–H and O–H groups in total. The Morgan fingerprint density at radius 3 is 2.62 bits per heavy atom. The number of rotatable bonds is 7. The minimum Gasteiger partial charge on any atom is -0.493 e. The van der Waals surface area contributed by atoms with Gasteiger partial charge in [0, 0.05) is 35.0 Å². The number of allylic oxidation sites excluding steroid dienone is 1. The van der Waals surface area contributed by atoms with Crippen molar-refractivity contribution < 1.29 is 19.1 Å². The van der Waals surface area contributed by atoms with Gasteiger partial charge in [0.25, 0.3) is 5.91 Å². The van der Waals surface area contributed by atoms with Gasteiger partial charge in [-0.3, -0.25) is 14.6 Å². The number of Topliss-reactive ketones (excluding diaryl/α,β-unsaturated/α-hetero) is 1. The maximum atomic E-state index is 13.7. The fourth-order valence-electron chi connectivity index (χ4n) is 4.89. The topological polar surface area (TPSA) is 77.0 Å². The molecule has 2 aliphatic rings. The summed E-state index contributed by atoms with van der Waals surface area (Å²) in [5, 5.41) is 3.06. The van der Waals surface area contributed by atoms with Crippen LogP contribution in [-0.4, -0.2) is 31.1 Å². The van der Waals surface area contributed by atoms with Crippen LogP contribution in [0.1, 0.15) is 56.6 Å². The molecule has 34 heavy (non-hydrogen) atoms. The average molecular weight is 461 g/mol. The summed E-state index contributed by atoms with van der Waals surface area (Å²) in [4.78, 5) is 31.6. The van der Waals surface area contributed by atoms with Crippen LogP contribution in [0.2, 0.25) is 0 Å². The quantitative estimate of drug-likeness (QED) is 0.582. The molecule has 2 aromatic rings. The third kappa shape index (κ3) is 4.63. The number of aryl methyl sites for hydroxylation is 1. The summed E-state index contributed by atoms with van der Waals surface area (Å²) in [6, 6.07) is 13.4. The molecular formula is C28H32N2O4. The summed E-state index contributed by atoms with van der Waals surface area (Å²) in [6.45, 7) is 6.44. The Morgan fingerprint density at radius 1 is 1.09 bits per heavy atom. The number of para-hydroxylation sites is 1. The van der Waals surface area contributed by atoms with E-state index in [0.717, 1.165) is 41.8 Å². The van der Waals surface area contributed by atoms with Crippen molar-refractivity contribution in [2.24, 2.45) is 10.9 Å². The Morgan fingerprint density at radius 2 is 1.88 bits per heavy atom. The first-order chi connectivity index (χ1) is 16.4. The Bertz CT molecular complexity index is 1160. The van der Waals surface area contributed by atoms with Gasteiger partial charge in [-0.25, -0.2) is 0 Å². The molecule has 0 saturated heterocycles. The Hall–Kier alpha value is -3.41. The van der Waals surface area contributed by atoms with Gasteiger partial charge in [-0.1, -0.05) is 31.2 Å². The lowest BCUT2D eigenvalue weighted by atomic mass is 9.69. The van der Waals surface area contributed by atoms with E-state index >= 15 is 0 Å². The van der Waals surface area contributed by atoms with Crippen molar-refractivity contribution in [1.82, 2.24) is 0 Å². The number of fused-ring (bicyclic) bond motifs is 1. The smallest absolute Gasteiger partial charge is 0.254 e. The molecule has 2 aromatic carbocycles. The normalized spacial score (nSPS) is 19.9. The lowest BCUT2D eigenvalue weighted by molar-refractivity contribution is -0.122. The van der Waals surface area contributed by atoms with E-state index in [-0.39, 0.29) is 11.7 Å². The first kappa shape index (κ1) is 23.7. The van der Waals surface area contributed by atoms with Crippen molar-refractivity contribution in [3.63, 3.8) is 0 Å². The second-order valence-corrected chi connectivity index (χ2v) is 8.91. The van der Waals surface area contributed by atoms with Gasteiger partial charge in [-0.05, 0) is 62.4 Å². The number of hydrogen-bond donors (Lipinski definition) is 1. The number of carbonyl (C=O) groups is 2. The van der Waals surface area contributed by atoms with Crippen molar-refractivity contribution in [1.29, 1.82) is 0 Å². The molecule has 1 saturated carbocycles. The van der Waals surface area contributed by atoms with E-state index in [9.17, 15) is 9.59 Å². The number of anilines is 1. The predicted octanol–water partition coefficient (Wildman–Crippen LogP) is 5.61. The molecule has 1 aliphatic heterocycles. The Labute approximate surface area is 201 Å². The SMILES string of the molecule is CCCOc1ccc([C@@H]2C(C(=O)Nc3ccccc3C)=C(C)N=C3CCCC(=O)C32)cc1OC. The van der Waals surface area contributed by atoms with Gasteiger partial charge in [-0.2, -0.15) is 0 Å². The molecule has 1 heterocycles. The zero-order chi connectivity index (χ0) is 24.2. The minimum atomic E-state index is -0.442. The highest BCUT2D eigenvalue weighted by Gasteiger charge is 2.43. The molecule has 178 valence electrons. The van der Waals surface area contributed by atoms with E-state index in [1.54, 1.807) is 7.11 Å². The minimum absolute atomic E-state index is 0.133. The highest BCUT2D eigenvalue weighted by Crippen LogP contribution is 2.45. The van der Waals surface area contributed by atoms with E-state index in [1.165, 1.54) is 0 Å². The molecule has 0 radical (unpaired) electrons. The van der Waals surface area contributed by atoms with Crippen LogP contribution in [0.4, 0.5) is 5.69 Å². The zero-order valence-corrected chi connectivity index (χ0v) is 20.3. The van der Waals surface area contributed by atoms with Crippen LogP contribution in [0, 0.1) is 12.8 Å². The Kier molecular flexibility index (Phi) is 7.15. The summed E-state index contributed by atoms with van der Waals surface area (Å²) in [5.74, 6) is 0.270. The average Bonchev–Trinajstić information content (AvgIpc) is 2.83.